The maximum Gasteiger partial charge on any atom is 0.220 e. The molecular weight excluding hydrogens is 823 g/mol. The lowest BCUT2D eigenvalue weighted by Gasteiger charge is -2.26. The molecule has 0 saturated heterocycles. The zero-order valence-electron chi connectivity index (χ0n) is 45.8. The smallest absolute Gasteiger partial charge is 0.220 e. The molecule has 0 spiro atoms. The molecule has 3 unspecified atom stereocenters. The Kier molecular flexibility index (Phi) is 56.9. The minimum absolute atomic E-state index is 0.137. The van der Waals surface area contributed by atoms with Crippen molar-refractivity contribution in [2.75, 3.05) is 6.61 Å². The van der Waals surface area contributed by atoms with Gasteiger partial charge in [-0.2, -0.15) is 0 Å². The number of aliphatic hydroxyl groups is 3. The molecule has 0 radical (unpaired) electrons. The number of aliphatic hydroxyl groups excluding tert-OH is 3. The second kappa shape index (κ2) is 57.7. The zero-order valence-corrected chi connectivity index (χ0v) is 45.8. The van der Waals surface area contributed by atoms with E-state index in [2.05, 4.69) is 31.3 Å². The molecule has 0 aliphatic carbocycles. The van der Waals surface area contributed by atoms with E-state index in [0.717, 1.165) is 32.1 Å². The lowest BCUT2D eigenvalue weighted by atomic mass is 9.99. The Morgan fingerprint density at radius 1 is 0.358 bits per heavy atom. The highest BCUT2D eigenvalue weighted by atomic mass is 16.3. The van der Waals surface area contributed by atoms with Crippen molar-refractivity contribution in [3.8, 4) is 0 Å². The van der Waals surface area contributed by atoms with E-state index in [1.807, 2.05) is 0 Å². The van der Waals surface area contributed by atoms with E-state index in [4.69, 9.17) is 0 Å². The van der Waals surface area contributed by atoms with Crippen LogP contribution in [-0.2, 0) is 4.79 Å². The number of rotatable bonds is 58. The van der Waals surface area contributed by atoms with Gasteiger partial charge in [0.25, 0.3) is 0 Å². The molecule has 0 heterocycles. The van der Waals surface area contributed by atoms with E-state index in [0.29, 0.717) is 12.8 Å². The van der Waals surface area contributed by atoms with Gasteiger partial charge in [-0.1, -0.05) is 321 Å². The molecule has 5 heteroatoms. The molecule has 0 fully saturated rings. The van der Waals surface area contributed by atoms with Gasteiger partial charge in [0.2, 0.25) is 5.91 Å². The standard InChI is InChI=1S/C62H123NO4/c1-3-5-7-9-11-13-15-17-19-21-23-25-26-27-28-29-30-31-32-33-34-35-36-37-39-41-43-45-47-49-51-53-55-57-61(66)63-59(58-64)62(67)60(65)56-54-52-50-48-46-44-42-40-38-24-22-20-18-16-14-12-10-8-6-4-2/h27-28,59-60,62,64-65,67H,3-26,29-58H2,1-2H3,(H,63,66)/b28-27-. The molecular formula is C62H123NO4. The van der Waals surface area contributed by atoms with Gasteiger partial charge in [0.1, 0.15) is 6.10 Å². The van der Waals surface area contributed by atoms with Crippen molar-refractivity contribution < 1.29 is 20.1 Å². The van der Waals surface area contributed by atoms with Crippen LogP contribution in [-0.4, -0.2) is 46.1 Å². The van der Waals surface area contributed by atoms with Crippen LogP contribution in [0.2, 0.25) is 0 Å². The average Bonchev–Trinajstić information content (AvgIpc) is 3.33. The second-order valence-electron chi connectivity index (χ2n) is 21.6. The van der Waals surface area contributed by atoms with E-state index in [1.54, 1.807) is 0 Å². The van der Waals surface area contributed by atoms with Crippen molar-refractivity contribution in [3.05, 3.63) is 12.2 Å². The molecule has 0 aromatic heterocycles. The largest absolute Gasteiger partial charge is 0.394 e. The van der Waals surface area contributed by atoms with Gasteiger partial charge in [0.15, 0.2) is 0 Å². The minimum atomic E-state index is -1.13. The number of carbonyl (C=O) groups excluding carboxylic acids is 1. The van der Waals surface area contributed by atoms with Gasteiger partial charge in [0, 0.05) is 6.42 Å². The monoisotopic (exact) mass is 946 g/mol. The third-order valence-electron chi connectivity index (χ3n) is 14.9. The first-order valence-corrected chi connectivity index (χ1v) is 31.0. The van der Waals surface area contributed by atoms with Gasteiger partial charge >= 0.3 is 0 Å². The summed E-state index contributed by atoms with van der Waals surface area (Å²) in [6.45, 7) is 4.23. The number of hydrogen-bond acceptors (Lipinski definition) is 4. The summed E-state index contributed by atoms with van der Waals surface area (Å²) >= 11 is 0. The topological polar surface area (TPSA) is 89.8 Å². The van der Waals surface area contributed by atoms with Gasteiger partial charge in [-0.15, -0.1) is 0 Å². The van der Waals surface area contributed by atoms with Crippen LogP contribution in [0.5, 0.6) is 0 Å². The first kappa shape index (κ1) is 66.1. The Morgan fingerprint density at radius 3 is 0.866 bits per heavy atom. The maximum absolute atomic E-state index is 12.5. The molecule has 400 valence electrons. The third kappa shape index (κ3) is 52.7. The predicted molar refractivity (Wildman–Crippen MR) is 296 cm³/mol. The van der Waals surface area contributed by atoms with Gasteiger partial charge in [0.05, 0.1) is 18.8 Å². The number of nitrogens with one attached hydrogen (secondary N) is 1. The second-order valence-corrected chi connectivity index (χ2v) is 21.6. The molecule has 0 rings (SSSR count). The van der Waals surface area contributed by atoms with Gasteiger partial charge < -0.3 is 20.6 Å². The lowest BCUT2D eigenvalue weighted by Crippen LogP contribution is -2.50. The molecule has 0 saturated carbocycles. The Bertz CT molecular complexity index is 956. The number of hydrogen-bond donors (Lipinski definition) is 4. The van der Waals surface area contributed by atoms with Crippen LogP contribution in [0.3, 0.4) is 0 Å². The number of amides is 1. The van der Waals surface area contributed by atoms with Crippen molar-refractivity contribution in [1.29, 1.82) is 0 Å². The number of allylic oxidation sites excluding steroid dienone is 2. The van der Waals surface area contributed by atoms with Crippen molar-refractivity contribution >= 4 is 5.91 Å². The summed E-state index contributed by atoms with van der Waals surface area (Å²) in [6.07, 6.45) is 72.5. The van der Waals surface area contributed by atoms with Crippen LogP contribution in [0.1, 0.15) is 354 Å². The van der Waals surface area contributed by atoms with Crippen LogP contribution in [0.25, 0.3) is 0 Å². The molecule has 5 nitrogen and oxygen atoms in total. The number of unbranched alkanes of at least 4 members (excludes halogenated alkanes) is 48. The normalized spacial score (nSPS) is 13.2. The summed E-state index contributed by atoms with van der Waals surface area (Å²) in [5, 5.41) is 33.8. The van der Waals surface area contributed by atoms with E-state index in [-0.39, 0.29) is 12.5 Å². The summed E-state index contributed by atoms with van der Waals surface area (Å²) in [6, 6.07) is -0.807. The van der Waals surface area contributed by atoms with E-state index < -0.39 is 18.2 Å². The average molecular weight is 947 g/mol. The Morgan fingerprint density at radius 2 is 0.597 bits per heavy atom. The van der Waals surface area contributed by atoms with Crippen LogP contribution < -0.4 is 5.32 Å². The van der Waals surface area contributed by atoms with Gasteiger partial charge in [-0.25, -0.2) is 0 Å². The highest BCUT2D eigenvalue weighted by Gasteiger charge is 2.26. The summed E-state index contributed by atoms with van der Waals surface area (Å²) in [4.78, 5) is 12.5. The highest BCUT2D eigenvalue weighted by Crippen LogP contribution is 2.19. The van der Waals surface area contributed by atoms with E-state index in [1.165, 1.54) is 295 Å². The summed E-state index contributed by atoms with van der Waals surface area (Å²) in [5.41, 5.74) is 0. The van der Waals surface area contributed by atoms with Crippen LogP contribution in [0, 0.1) is 0 Å². The zero-order chi connectivity index (χ0) is 48.6. The third-order valence-corrected chi connectivity index (χ3v) is 14.9. The Hall–Kier alpha value is -0.910. The van der Waals surface area contributed by atoms with E-state index >= 15 is 0 Å². The van der Waals surface area contributed by atoms with Crippen molar-refractivity contribution in [3.63, 3.8) is 0 Å². The fourth-order valence-corrected chi connectivity index (χ4v) is 10.1. The van der Waals surface area contributed by atoms with E-state index in [9.17, 15) is 20.1 Å². The van der Waals surface area contributed by atoms with Crippen LogP contribution in [0.15, 0.2) is 12.2 Å². The molecule has 67 heavy (non-hydrogen) atoms. The van der Waals surface area contributed by atoms with Gasteiger partial charge in [-0.3, -0.25) is 4.79 Å². The molecule has 0 aromatic rings. The molecule has 0 bridgehead atoms. The molecule has 4 N–H and O–H groups in total. The number of carbonyl (C=O) groups is 1. The predicted octanol–water partition coefficient (Wildman–Crippen LogP) is 19.5. The van der Waals surface area contributed by atoms with Crippen LogP contribution >= 0.6 is 0 Å². The first-order chi connectivity index (χ1) is 33.1. The molecule has 0 aliphatic heterocycles. The quantitative estimate of drug-likeness (QED) is 0.0361. The summed E-state index contributed by atoms with van der Waals surface area (Å²) in [5.74, 6) is -0.137. The molecule has 0 aliphatic rings. The fraction of sp³-hybridized carbons (Fsp3) is 0.952. The van der Waals surface area contributed by atoms with Crippen molar-refractivity contribution in [2.24, 2.45) is 0 Å². The first-order valence-electron chi connectivity index (χ1n) is 31.0. The lowest BCUT2D eigenvalue weighted by molar-refractivity contribution is -0.124. The molecule has 3 atom stereocenters. The fourth-order valence-electron chi connectivity index (χ4n) is 10.1. The molecule has 0 aromatic carbocycles. The maximum atomic E-state index is 12.5. The minimum Gasteiger partial charge on any atom is -0.394 e. The Labute approximate surface area is 420 Å². The van der Waals surface area contributed by atoms with Crippen molar-refractivity contribution in [1.82, 2.24) is 5.32 Å². The highest BCUT2D eigenvalue weighted by molar-refractivity contribution is 5.76. The molecule has 1 amide bonds. The van der Waals surface area contributed by atoms with Crippen molar-refractivity contribution in [2.45, 2.75) is 372 Å². The van der Waals surface area contributed by atoms with Crippen LogP contribution in [0.4, 0.5) is 0 Å². The SMILES string of the molecule is CCCCCCCCCCCCCC/C=C\CCCCCCCCCCCCCCCCCCCC(=O)NC(CO)C(O)C(O)CCCCCCCCCCCCCCCCCCCCCC. The Balaban J connectivity index is 3.46. The van der Waals surface area contributed by atoms with Gasteiger partial charge in [-0.05, 0) is 38.5 Å². The summed E-state index contributed by atoms with van der Waals surface area (Å²) < 4.78 is 0. The summed E-state index contributed by atoms with van der Waals surface area (Å²) in [7, 11) is 0.